The van der Waals surface area contributed by atoms with Crippen LogP contribution in [0, 0.1) is 5.92 Å². The summed E-state index contributed by atoms with van der Waals surface area (Å²) in [6.07, 6.45) is 4.88. The van der Waals surface area contributed by atoms with Gasteiger partial charge in [-0.1, -0.05) is 6.92 Å². The van der Waals surface area contributed by atoms with Crippen molar-refractivity contribution in [2.75, 3.05) is 13.2 Å². The molecule has 2 rings (SSSR count). The lowest BCUT2D eigenvalue weighted by Gasteiger charge is -2.13. The lowest BCUT2D eigenvalue weighted by Crippen LogP contribution is -2.38. The van der Waals surface area contributed by atoms with Gasteiger partial charge in [-0.25, -0.2) is 4.98 Å². The molecule has 1 saturated heterocycles. The number of hydrogen-bond acceptors (Lipinski definition) is 3. The van der Waals surface area contributed by atoms with E-state index in [0.29, 0.717) is 19.1 Å². The first kappa shape index (κ1) is 11.1. The Kier molecular flexibility index (Phi) is 3.56. The molecule has 1 aromatic rings. The van der Waals surface area contributed by atoms with Gasteiger partial charge in [0.1, 0.15) is 6.10 Å². The van der Waals surface area contributed by atoms with Crippen LogP contribution in [-0.4, -0.2) is 35.1 Å². The molecule has 0 radical (unpaired) electrons. The molecule has 0 aliphatic carbocycles. The molecule has 5 heteroatoms. The third-order valence-corrected chi connectivity index (χ3v) is 2.89. The Bertz CT molecular complexity index is 337. The van der Waals surface area contributed by atoms with Crippen LogP contribution in [0.15, 0.2) is 12.5 Å². The number of aromatic nitrogens is 2. The van der Waals surface area contributed by atoms with Gasteiger partial charge in [-0.2, -0.15) is 0 Å². The first-order valence-corrected chi connectivity index (χ1v) is 5.64. The molecule has 5 nitrogen and oxygen atoms in total. The highest BCUT2D eigenvalue weighted by Crippen LogP contribution is 2.19. The molecule has 2 heterocycles. The Morgan fingerprint density at radius 2 is 2.62 bits per heavy atom. The molecule has 1 fully saturated rings. The molecular formula is C11H17N3O2. The van der Waals surface area contributed by atoms with Gasteiger partial charge in [0.25, 0.3) is 0 Å². The minimum Gasteiger partial charge on any atom is -0.368 e. The topological polar surface area (TPSA) is 67.0 Å². The molecule has 0 spiro atoms. The van der Waals surface area contributed by atoms with E-state index in [0.717, 1.165) is 18.5 Å². The molecule has 1 aliphatic rings. The summed E-state index contributed by atoms with van der Waals surface area (Å²) in [5.41, 5.74) is 1.03. The molecule has 0 aromatic carbocycles. The first-order valence-electron chi connectivity index (χ1n) is 5.64. The van der Waals surface area contributed by atoms with Gasteiger partial charge in [-0.05, 0) is 12.3 Å². The van der Waals surface area contributed by atoms with Crippen molar-refractivity contribution >= 4 is 5.91 Å². The number of imidazole rings is 1. The quantitative estimate of drug-likeness (QED) is 0.780. The van der Waals surface area contributed by atoms with E-state index in [1.807, 2.05) is 6.92 Å². The van der Waals surface area contributed by atoms with Gasteiger partial charge in [0, 0.05) is 31.5 Å². The molecule has 1 amide bonds. The summed E-state index contributed by atoms with van der Waals surface area (Å²) in [5, 5.41) is 2.88. The summed E-state index contributed by atoms with van der Waals surface area (Å²) in [7, 11) is 0. The average Bonchev–Trinajstić information content (AvgIpc) is 2.88. The number of H-pyrrole nitrogens is 1. The fourth-order valence-corrected chi connectivity index (χ4v) is 1.87. The van der Waals surface area contributed by atoms with E-state index in [9.17, 15) is 4.79 Å². The number of ether oxygens (including phenoxy) is 1. The highest BCUT2D eigenvalue weighted by Gasteiger charge is 2.30. The maximum absolute atomic E-state index is 11.7. The van der Waals surface area contributed by atoms with Crippen molar-refractivity contribution in [3.05, 3.63) is 18.2 Å². The van der Waals surface area contributed by atoms with E-state index in [1.165, 1.54) is 0 Å². The summed E-state index contributed by atoms with van der Waals surface area (Å²) >= 11 is 0. The third-order valence-electron chi connectivity index (χ3n) is 2.89. The zero-order valence-electron chi connectivity index (χ0n) is 9.40. The molecule has 1 aromatic heterocycles. The van der Waals surface area contributed by atoms with Crippen molar-refractivity contribution in [1.82, 2.24) is 15.3 Å². The molecule has 1 aliphatic heterocycles. The maximum atomic E-state index is 11.7. The minimum absolute atomic E-state index is 0.00418. The van der Waals surface area contributed by atoms with Gasteiger partial charge in [0.05, 0.1) is 6.33 Å². The first-order chi connectivity index (χ1) is 7.77. The zero-order chi connectivity index (χ0) is 11.4. The van der Waals surface area contributed by atoms with Crippen LogP contribution in [0.25, 0.3) is 0 Å². The van der Waals surface area contributed by atoms with Gasteiger partial charge < -0.3 is 15.0 Å². The number of carbonyl (C=O) groups excluding carboxylic acids is 1. The van der Waals surface area contributed by atoms with Gasteiger partial charge in [0.2, 0.25) is 5.91 Å². The van der Waals surface area contributed by atoms with E-state index in [-0.39, 0.29) is 12.0 Å². The molecule has 2 atom stereocenters. The second-order valence-electron chi connectivity index (χ2n) is 4.18. The second kappa shape index (κ2) is 5.12. The van der Waals surface area contributed by atoms with Crippen molar-refractivity contribution in [3.8, 4) is 0 Å². The molecule has 88 valence electrons. The normalized spacial score (nSPS) is 24.6. The number of amides is 1. The van der Waals surface area contributed by atoms with Crippen LogP contribution in [0.4, 0.5) is 0 Å². The fourth-order valence-electron chi connectivity index (χ4n) is 1.87. The van der Waals surface area contributed by atoms with E-state index >= 15 is 0 Å². The summed E-state index contributed by atoms with van der Waals surface area (Å²) < 4.78 is 5.38. The lowest BCUT2D eigenvalue weighted by molar-refractivity contribution is -0.131. The Balaban J connectivity index is 1.71. The maximum Gasteiger partial charge on any atom is 0.249 e. The van der Waals surface area contributed by atoms with Crippen molar-refractivity contribution in [1.29, 1.82) is 0 Å². The highest BCUT2D eigenvalue weighted by molar-refractivity contribution is 5.81. The van der Waals surface area contributed by atoms with Crippen LogP contribution in [0.5, 0.6) is 0 Å². The van der Waals surface area contributed by atoms with Gasteiger partial charge in [-0.15, -0.1) is 0 Å². The van der Waals surface area contributed by atoms with Crippen LogP contribution >= 0.6 is 0 Å². The largest absolute Gasteiger partial charge is 0.368 e. The molecule has 2 unspecified atom stereocenters. The van der Waals surface area contributed by atoms with E-state index in [4.69, 9.17) is 4.74 Å². The smallest absolute Gasteiger partial charge is 0.249 e. The summed E-state index contributed by atoms with van der Waals surface area (Å²) in [5.74, 6) is 0.330. The monoisotopic (exact) mass is 223 g/mol. The van der Waals surface area contributed by atoms with Crippen LogP contribution in [-0.2, 0) is 16.0 Å². The van der Waals surface area contributed by atoms with Crippen LogP contribution < -0.4 is 5.32 Å². The standard InChI is InChI=1S/C11H17N3O2/c1-8-3-5-16-10(8)11(15)13-4-2-9-6-12-7-14-9/h6-8,10H,2-5H2,1H3,(H,12,14)(H,13,15). The lowest BCUT2D eigenvalue weighted by atomic mass is 10.0. The molecule has 0 saturated carbocycles. The zero-order valence-corrected chi connectivity index (χ0v) is 9.40. The van der Waals surface area contributed by atoms with E-state index in [2.05, 4.69) is 15.3 Å². The number of nitrogens with one attached hydrogen (secondary N) is 2. The number of hydrogen-bond donors (Lipinski definition) is 2. The fraction of sp³-hybridized carbons (Fsp3) is 0.636. The number of rotatable bonds is 4. The summed E-state index contributed by atoms with van der Waals surface area (Å²) in [6.45, 7) is 3.36. The number of nitrogens with zero attached hydrogens (tertiary/aromatic N) is 1. The van der Waals surface area contributed by atoms with Crippen molar-refractivity contribution in [3.63, 3.8) is 0 Å². The van der Waals surface area contributed by atoms with Gasteiger partial charge >= 0.3 is 0 Å². The molecule has 0 bridgehead atoms. The van der Waals surface area contributed by atoms with Crippen molar-refractivity contribution < 1.29 is 9.53 Å². The van der Waals surface area contributed by atoms with E-state index < -0.39 is 0 Å². The van der Waals surface area contributed by atoms with Crippen LogP contribution in [0.1, 0.15) is 19.0 Å². The van der Waals surface area contributed by atoms with Crippen molar-refractivity contribution in [2.45, 2.75) is 25.9 Å². The molecular weight excluding hydrogens is 206 g/mol. The Morgan fingerprint density at radius 3 is 3.25 bits per heavy atom. The Labute approximate surface area is 94.6 Å². The van der Waals surface area contributed by atoms with Gasteiger partial charge in [0.15, 0.2) is 0 Å². The Morgan fingerprint density at radius 1 is 1.75 bits per heavy atom. The van der Waals surface area contributed by atoms with E-state index in [1.54, 1.807) is 12.5 Å². The summed E-state index contributed by atoms with van der Waals surface area (Å²) in [6, 6.07) is 0. The number of aromatic amines is 1. The SMILES string of the molecule is CC1CCOC1C(=O)NCCc1cnc[nH]1. The third kappa shape index (κ3) is 2.61. The molecule has 16 heavy (non-hydrogen) atoms. The van der Waals surface area contributed by atoms with Crippen molar-refractivity contribution in [2.24, 2.45) is 5.92 Å². The summed E-state index contributed by atoms with van der Waals surface area (Å²) in [4.78, 5) is 18.6. The predicted molar refractivity (Wildman–Crippen MR) is 58.8 cm³/mol. The second-order valence-corrected chi connectivity index (χ2v) is 4.18. The van der Waals surface area contributed by atoms with Crippen LogP contribution in [0.2, 0.25) is 0 Å². The minimum atomic E-state index is -0.262. The number of carbonyl (C=O) groups is 1. The Hall–Kier alpha value is -1.36. The average molecular weight is 223 g/mol. The molecule has 2 N–H and O–H groups in total. The van der Waals surface area contributed by atoms with Crippen LogP contribution in [0.3, 0.4) is 0 Å². The highest BCUT2D eigenvalue weighted by atomic mass is 16.5. The predicted octanol–water partition coefficient (Wildman–Crippen LogP) is 0.493. The van der Waals surface area contributed by atoms with Gasteiger partial charge in [-0.3, -0.25) is 4.79 Å².